The van der Waals surface area contributed by atoms with Crippen molar-refractivity contribution in [3.63, 3.8) is 0 Å². The Balaban J connectivity index is 1.83. The summed E-state index contributed by atoms with van der Waals surface area (Å²) in [6, 6.07) is 6.82. The number of halogens is 2. The maximum Gasteiger partial charge on any atom is 0.337 e. The van der Waals surface area contributed by atoms with Crippen LogP contribution in [0.4, 0.5) is 20.3 Å². The number of amides is 1. The molecule has 0 aliphatic carbocycles. The van der Waals surface area contributed by atoms with Crippen LogP contribution in [-0.2, 0) is 4.74 Å². The van der Waals surface area contributed by atoms with Gasteiger partial charge in [0.05, 0.1) is 12.7 Å². The Bertz CT molecular complexity index is 959. The van der Waals surface area contributed by atoms with Crippen molar-refractivity contribution < 1.29 is 23.1 Å². The summed E-state index contributed by atoms with van der Waals surface area (Å²) < 4.78 is 31.6. The fraction of sp³-hybridized carbons (Fsp3) is 0.409. The lowest BCUT2D eigenvalue weighted by Crippen LogP contribution is -2.40. The first-order chi connectivity index (χ1) is 14.1. The van der Waals surface area contributed by atoms with Crippen molar-refractivity contribution >= 4 is 23.4 Å². The number of carbonyl (C=O) groups excluding carboxylic acids is 2. The van der Waals surface area contributed by atoms with E-state index in [2.05, 4.69) is 10.3 Å². The predicted octanol–water partition coefficient (Wildman–Crippen LogP) is 4.28. The molecule has 1 amide bonds. The zero-order valence-electron chi connectivity index (χ0n) is 17.5. The number of pyridine rings is 1. The third-order valence-electron chi connectivity index (χ3n) is 5.31. The molecule has 1 fully saturated rings. The molecular formula is C22H25F2N3O3. The highest BCUT2D eigenvalue weighted by Crippen LogP contribution is 2.30. The van der Waals surface area contributed by atoms with Gasteiger partial charge in [0.1, 0.15) is 11.5 Å². The van der Waals surface area contributed by atoms with Gasteiger partial charge in [-0.15, -0.1) is 0 Å². The Morgan fingerprint density at radius 2 is 1.67 bits per heavy atom. The first-order valence-electron chi connectivity index (χ1n) is 9.72. The van der Waals surface area contributed by atoms with E-state index in [0.29, 0.717) is 22.6 Å². The van der Waals surface area contributed by atoms with Crippen LogP contribution in [0.3, 0.4) is 0 Å². The maximum absolute atomic E-state index is 13.4. The number of nitrogens with one attached hydrogen (secondary N) is 1. The lowest BCUT2D eigenvalue weighted by molar-refractivity contribution is -0.0221. The first-order valence-corrected chi connectivity index (χ1v) is 9.72. The van der Waals surface area contributed by atoms with Crippen LogP contribution in [0.1, 0.15) is 50.4 Å². The number of piperidine rings is 1. The molecule has 1 saturated heterocycles. The number of methoxy groups -OCH3 is 1. The largest absolute Gasteiger partial charge is 0.465 e. The monoisotopic (exact) mass is 417 g/mol. The zero-order chi connectivity index (χ0) is 22.1. The highest BCUT2D eigenvalue weighted by atomic mass is 19.3. The number of hydrogen-bond acceptors (Lipinski definition) is 5. The van der Waals surface area contributed by atoms with Crippen molar-refractivity contribution in [2.45, 2.75) is 39.5 Å². The van der Waals surface area contributed by atoms with Gasteiger partial charge in [-0.05, 0) is 55.7 Å². The van der Waals surface area contributed by atoms with Crippen molar-refractivity contribution in [1.29, 1.82) is 0 Å². The van der Waals surface area contributed by atoms with Gasteiger partial charge in [0.2, 0.25) is 0 Å². The lowest BCUT2D eigenvalue weighted by atomic mass is 10.0. The number of aromatic nitrogens is 1. The number of carbonyl (C=O) groups is 2. The lowest BCUT2D eigenvalue weighted by Gasteiger charge is -2.32. The van der Waals surface area contributed by atoms with Gasteiger partial charge in [-0.3, -0.25) is 4.79 Å². The second kappa shape index (κ2) is 8.38. The second-order valence-corrected chi connectivity index (χ2v) is 7.61. The van der Waals surface area contributed by atoms with Crippen LogP contribution in [0.25, 0.3) is 0 Å². The molecule has 0 atom stereocenters. The minimum absolute atomic E-state index is 0.192. The van der Waals surface area contributed by atoms with E-state index in [1.807, 2.05) is 0 Å². The van der Waals surface area contributed by atoms with E-state index in [4.69, 9.17) is 4.74 Å². The first kappa shape index (κ1) is 21.7. The molecular weight excluding hydrogens is 392 g/mol. The van der Waals surface area contributed by atoms with E-state index >= 15 is 0 Å². The maximum atomic E-state index is 13.4. The van der Waals surface area contributed by atoms with Gasteiger partial charge >= 0.3 is 5.97 Å². The molecule has 3 rings (SSSR count). The fourth-order valence-electron chi connectivity index (χ4n) is 3.56. The molecule has 2 aromatic rings. The number of ether oxygens (including phenoxy) is 1. The Morgan fingerprint density at radius 1 is 1.07 bits per heavy atom. The van der Waals surface area contributed by atoms with E-state index in [0.717, 1.165) is 11.1 Å². The van der Waals surface area contributed by atoms with Crippen LogP contribution >= 0.6 is 0 Å². The topological polar surface area (TPSA) is 71.5 Å². The van der Waals surface area contributed by atoms with Gasteiger partial charge in [-0.1, -0.05) is 6.07 Å². The summed E-state index contributed by atoms with van der Waals surface area (Å²) in [7, 11) is 1.31. The van der Waals surface area contributed by atoms with Gasteiger partial charge in [0.25, 0.3) is 11.8 Å². The third kappa shape index (κ3) is 4.58. The number of benzene rings is 1. The summed E-state index contributed by atoms with van der Waals surface area (Å²) in [6.07, 6.45) is -0.454. The van der Waals surface area contributed by atoms with Crippen LogP contribution in [-0.4, -0.2) is 43.0 Å². The number of hydrogen-bond donors (Lipinski definition) is 1. The number of anilines is 2. The van der Waals surface area contributed by atoms with E-state index < -0.39 is 17.8 Å². The molecule has 1 aliphatic rings. The summed E-state index contributed by atoms with van der Waals surface area (Å²) in [5, 5.41) is 2.87. The van der Waals surface area contributed by atoms with Crippen LogP contribution < -0.4 is 10.2 Å². The average molecular weight is 417 g/mol. The number of rotatable bonds is 4. The molecule has 0 spiro atoms. The number of nitrogens with zero attached hydrogens (tertiary/aromatic N) is 2. The van der Waals surface area contributed by atoms with E-state index in [9.17, 15) is 18.4 Å². The number of alkyl halides is 2. The third-order valence-corrected chi connectivity index (χ3v) is 5.31. The normalized spacial score (nSPS) is 15.6. The molecule has 8 heteroatoms. The molecule has 1 aromatic heterocycles. The summed E-state index contributed by atoms with van der Waals surface area (Å²) in [5.41, 5.74) is 3.35. The summed E-state index contributed by atoms with van der Waals surface area (Å²) in [6.45, 7) is 5.74. The molecule has 0 bridgehead atoms. The van der Waals surface area contributed by atoms with Crippen molar-refractivity contribution in [3.8, 4) is 0 Å². The Kier molecular flexibility index (Phi) is 6.05. The van der Waals surface area contributed by atoms with E-state index in [1.165, 1.54) is 7.11 Å². The van der Waals surface area contributed by atoms with Gasteiger partial charge < -0.3 is 15.0 Å². The smallest absolute Gasteiger partial charge is 0.337 e. The Morgan fingerprint density at radius 3 is 2.23 bits per heavy atom. The Labute approximate surface area is 174 Å². The Hall–Kier alpha value is -3.03. The van der Waals surface area contributed by atoms with Crippen molar-refractivity contribution in [3.05, 3.63) is 52.2 Å². The van der Waals surface area contributed by atoms with Crippen LogP contribution in [0.15, 0.2) is 24.3 Å². The highest BCUT2D eigenvalue weighted by Gasteiger charge is 2.34. The SMILES string of the molecule is COC(=O)c1cc(C)c(NC(=O)c2nc(N3CCC(F)(F)CC3)ccc2C)c(C)c1. The van der Waals surface area contributed by atoms with Crippen molar-refractivity contribution in [2.75, 3.05) is 30.4 Å². The van der Waals surface area contributed by atoms with Crippen LogP contribution in [0.2, 0.25) is 0 Å². The van der Waals surface area contributed by atoms with Gasteiger partial charge in [-0.2, -0.15) is 0 Å². The summed E-state index contributed by atoms with van der Waals surface area (Å²) in [5.74, 6) is -2.98. The van der Waals surface area contributed by atoms with Gasteiger partial charge in [0.15, 0.2) is 0 Å². The van der Waals surface area contributed by atoms with E-state index in [1.54, 1.807) is 49.9 Å². The van der Waals surface area contributed by atoms with Gasteiger partial charge in [0, 0.05) is 31.6 Å². The van der Waals surface area contributed by atoms with Crippen LogP contribution in [0, 0.1) is 20.8 Å². The second-order valence-electron chi connectivity index (χ2n) is 7.61. The van der Waals surface area contributed by atoms with Gasteiger partial charge in [-0.25, -0.2) is 18.6 Å². The molecule has 2 heterocycles. The standard InChI is InChI=1S/C22H25F2N3O3/c1-13-5-6-17(27-9-7-22(23,24)8-10-27)25-19(13)20(28)26-18-14(2)11-16(12-15(18)3)21(29)30-4/h5-6,11-12H,7-10H2,1-4H3,(H,26,28). The molecule has 30 heavy (non-hydrogen) atoms. The average Bonchev–Trinajstić information content (AvgIpc) is 2.70. The molecule has 1 N–H and O–H groups in total. The molecule has 1 aromatic carbocycles. The molecule has 0 unspecified atom stereocenters. The summed E-state index contributed by atoms with van der Waals surface area (Å²) in [4.78, 5) is 30.9. The molecule has 6 nitrogen and oxygen atoms in total. The number of aryl methyl sites for hydroxylation is 3. The minimum Gasteiger partial charge on any atom is -0.465 e. The molecule has 0 radical (unpaired) electrons. The molecule has 160 valence electrons. The molecule has 0 saturated carbocycles. The van der Waals surface area contributed by atoms with E-state index in [-0.39, 0.29) is 31.6 Å². The number of esters is 1. The van der Waals surface area contributed by atoms with Crippen molar-refractivity contribution in [1.82, 2.24) is 4.98 Å². The van der Waals surface area contributed by atoms with Crippen LogP contribution in [0.5, 0.6) is 0 Å². The predicted molar refractivity (Wildman–Crippen MR) is 111 cm³/mol. The fourth-order valence-corrected chi connectivity index (χ4v) is 3.56. The summed E-state index contributed by atoms with van der Waals surface area (Å²) >= 11 is 0. The quantitative estimate of drug-likeness (QED) is 0.752. The highest BCUT2D eigenvalue weighted by molar-refractivity contribution is 6.05. The minimum atomic E-state index is -2.65. The molecule has 1 aliphatic heterocycles. The van der Waals surface area contributed by atoms with Crippen molar-refractivity contribution in [2.24, 2.45) is 0 Å². The zero-order valence-corrected chi connectivity index (χ0v) is 17.5.